The fourth-order valence-electron chi connectivity index (χ4n) is 5.17. The lowest BCUT2D eigenvalue weighted by molar-refractivity contribution is 0.0597. The standard InChI is InChI=1S/C27H38FN5O3/c1-18(2)36-27(34)32-11-8-20(9-12-32)19(3)10-13-35-21-14-30-26(31-15-21)33-16-23(25(29)17-33)22-6-4-5-7-24(22)28/h4-7,14-15,18-20,23,25H,8-13,16-17,29H2,1-3H3. The van der Waals surface area contributed by atoms with Gasteiger partial charge in [0.05, 0.1) is 25.1 Å². The van der Waals surface area contributed by atoms with E-state index in [1.807, 2.05) is 29.7 Å². The van der Waals surface area contributed by atoms with Crippen LogP contribution in [-0.4, -0.2) is 65.9 Å². The zero-order valence-corrected chi connectivity index (χ0v) is 21.5. The number of likely N-dealkylation sites (tertiary alicyclic amines) is 1. The Labute approximate surface area is 213 Å². The highest BCUT2D eigenvalue weighted by Gasteiger charge is 2.34. The van der Waals surface area contributed by atoms with Crippen molar-refractivity contribution in [2.24, 2.45) is 17.6 Å². The molecule has 2 fully saturated rings. The van der Waals surface area contributed by atoms with Crippen LogP contribution in [0.1, 0.15) is 51.5 Å². The third-order valence-electron chi connectivity index (χ3n) is 7.35. The van der Waals surface area contributed by atoms with Crippen LogP contribution in [0.4, 0.5) is 15.1 Å². The van der Waals surface area contributed by atoms with Crippen LogP contribution in [0.2, 0.25) is 0 Å². The van der Waals surface area contributed by atoms with E-state index >= 15 is 0 Å². The van der Waals surface area contributed by atoms with E-state index in [-0.39, 0.29) is 30.0 Å². The molecule has 36 heavy (non-hydrogen) atoms. The highest BCUT2D eigenvalue weighted by molar-refractivity contribution is 5.67. The molecule has 3 unspecified atom stereocenters. The molecular weight excluding hydrogens is 461 g/mol. The van der Waals surface area contributed by atoms with Crippen LogP contribution >= 0.6 is 0 Å². The monoisotopic (exact) mass is 499 g/mol. The van der Waals surface area contributed by atoms with E-state index < -0.39 is 0 Å². The van der Waals surface area contributed by atoms with Gasteiger partial charge in [0.2, 0.25) is 5.95 Å². The van der Waals surface area contributed by atoms with Gasteiger partial charge in [0, 0.05) is 38.1 Å². The van der Waals surface area contributed by atoms with Gasteiger partial charge in [-0.25, -0.2) is 19.2 Å². The Kier molecular flexibility index (Phi) is 8.61. The van der Waals surface area contributed by atoms with Crippen molar-refractivity contribution in [2.45, 2.75) is 58.1 Å². The molecule has 1 amide bonds. The summed E-state index contributed by atoms with van der Waals surface area (Å²) in [7, 11) is 0. The molecule has 2 N–H and O–H groups in total. The van der Waals surface area contributed by atoms with Crippen molar-refractivity contribution >= 4 is 12.0 Å². The van der Waals surface area contributed by atoms with E-state index in [4.69, 9.17) is 15.2 Å². The van der Waals surface area contributed by atoms with E-state index in [1.165, 1.54) is 6.07 Å². The second-order valence-electron chi connectivity index (χ2n) is 10.3. The number of anilines is 1. The minimum absolute atomic E-state index is 0.0898. The number of rotatable bonds is 8. The maximum atomic E-state index is 14.2. The third-order valence-corrected chi connectivity index (χ3v) is 7.35. The van der Waals surface area contributed by atoms with Gasteiger partial charge in [0.15, 0.2) is 5.75 Å². The normalized spacial score (nSPS) is 21.6. The number of benzene rings is 1. The van der Waals surface area contributed by atoms with E-state index in [1.54, 1.807) is 24.5 Å². The number of nitrogens with zero attached hydrogens (tertiary/aromatic N) is 4. The minimum atomic E-state index is -0.224. The van der Waals surface area contributed by atoms with Gasteiger partial charge >= 0.3 is 6.09 Å². The minimum Gasteiger partial charge on any atom is -0.490 e. The zero-order chi connectivity index (χ0) is 25.7. The van der Waals surface area contributed by atoms with Crippen LogP contribution in [0, 0.1) is 17.7 Å². The number of hydrogen-bond acceptors (Lipinski definition) is 7. The Hall–Kier alpha value is -2.94. The third kappa shape index (κ3) is 6.43. The van der Waals surface area contributed by atoms with Gasteiger partial charge in [0.25, 0.3) is 0 Å². The summed E-state index contributed by atoms with van der Waals surface area (Å²) < 4.78 is 25.5. The molecule has 2 aromatic rings. The quantitative estimate of drug-likeness (QED) is 0.582. The van der Waals surface area contributed by atoms with Gasteiger partial charge in [-0.3, -0.25) is 0 Å². The topological polar surface area (TPSA) is 93.8 Å². The molecule has 9 heteroatoms. The van der Waals surface area contributed by atoms with E-state index in [0.717, 1.165) is 32.4 Å². The summed E-state index contributed by atoms with van der Waals surface area (Å²) in [4.78, 5) is 24.8. The molecule has 1 aromatic carbocycles. The highest BCUT2D eigenvalue weighted by Crippen LogP contribution is 2.31. The first-order valence-electron chi connectivity index (χ1n) is 13.0. The molecule has 3 heterocycles. The average molecular weight is 500 g/mol. The van der Waals surface area contributed by atoms with Crippen molar-refractivity contribution in [3.8, 4) is 5.75 Å². The molecule has 2 saturated heterocycles. The summed E-state index contributed by atoms with van der Waals surface area (Å²) in [5, 5.41) is 0. The fourth-order valence-corrected chi connectivity index (χ4v) is 5.17. The molecule has 8 nitrogen and oxygen atoms in total. The molecule has 0 aliphatic carbocycles. The van der Waals surface area contributed by atoms with Gasteiger partial charge in [-0.1, -0.05) is 25.1 Å². The van der Waals surface area contributed by atoms with Crippen LogP contribution in [0.25, 0.3) is 0 Å². The fraction of sp³-hybridized carbons (Fsp3) is 0.593. The van der Waals surface area contributed by atoms with Crippen LogP contribution in [0.5, 0.6) is 5.75 Å². The van der Waals surface area contributed by atoms with E-state index in [2.05, 4.69) is 16.9 Å². The Balaban J connectivity index is 1.21. The van der Waals surface area contributed by atoms with E-state index in [0.29, 0.717) is 48.8 Å². The van der Waals surface area contributed by atoms with Crippen molar-refractivity contribution < 1.29 is 18.7 Å². The van der Waals surface area contributed by atoms with E-state index in [9.17, 15) is 9.18 Å². The van der Waals surface area contributed by atoms with Crippen LogP contribution in [0.3, 0.4) is 0 Å². The lowest BCUT2D eigenvalue weighted by Crippen LogP contribution is -2.41. The highest BCUT2D eigenvalue weighted by atomic mass is 19.1. The van der Waals surface area contributed by atoms with Crippen molar-refractivity contribution in [3.05, 3.63) is 48.0 Å². The van der Waals surface area contributed by atoms with Gasteiger partial charge in [-0.05, 0) is 56.6 Å². The number of halogens is 1. The number of hydrogen-bond donors (Lipinski definition) is 1. The molecule has 0 spiro atoms. The number of ether oxygens (including phenoxy) is 2. The summed E-state index contributed by atoms with van der Waals surface area (Å²) in [5.41, 5.74) is 6.96. The maximum Gasteiger partial charge on any atom is 0.410 e. The largest absolute Gasteiger partial charge is 0.490 e. The number of carbonyl (C=O) groups excluding carboxylic acids is 1. The molecule has 3 atom stereocenters. The second kappa shape index (κ2) is 11.9. The first kappa shape index (κ1) is 26.1. The second-order valence-corrected chi connectivity index (χ2v) is 10.3. The van der Waals surface area contributed by atoms with Gasteiger partial charge in [-0.15, -0.1) is 0 Å². The van der Waals surface area contributed by atoms with Crippen molar-refractivity contribution in [2.75, 3.05) is 37.7 Å². The van der Waals surface area contributed by atoms with Gasteiger partial charge in [-0.2, -0.15) is 0 Å². The number of carbonyl (C=O) groups is 1. The SMILES string of the molecule is CC(C)OC(=O)N1CCC(C(C)CCOc2cnc(N3CC(N)C(c4ccccc4F)C3)nc2)CC1. The summed E-state index contributed by atoms with van der Waals surface area (Å²) in [6.45, 7) is 9.22. The molecular formula is C27H38FN5O3. The van der Waals surface area contributed by atoms with Crippen molar-refractivity contribution in [3.63, 3.8) is 0 Å². The molecule has 196 valence electrons. The number of aromatic nitrogens is 2. The lowest BCUT2D eigenvalue weighted by atomic mass is 9.84. The van der Waals surface area contributed by atoms with Crippen LogP contribution in [-0.2, 0) is 4.74 Å². The molecule has 1 aromatic heterocycles. The molecule has 2 aliphatic rings. The van der Waals surface area contributed by atoms with Gasteiger partial charge in [0.1, 0.15) is 5.82 Å². The zero-order valence-electron chi connectivity index (χ0n) is 21.5. The van der Waals surface area contributed by atoms with Crippen LogP contribution in [0.15, 0.2) is 36.7 Å². The molecule has 4 rings (SSSR count). The van der Waals surface area contributed by atoms with Crippen molar-refractivity contribution in [1.82, 2.24) is 14.9 Å². The van der Waals surface area contributed by atoms with Crippen molar-refractivity contribution in [1.29, 1.82) is 0 Å². The smallest absolute Gasteiger partial charge is 0.410 e. The summed E-state index contributed by atoms with van der Waals surface area (Å²) >= 11 is 0. The summed E-state index contributed by atoms with van der Waals surface area (Å²) in [6.07, 6.45) is 5.97. The van der Waals surface area contributed by atoms with Crippen LogP contribution < -0.4 is 15.4 Å². The molecule has 2 aliphatic heterocycles. The Bertz CT molecular complexity index is 997. The predicted octanol–water partition coefficient (Wildman–Crippen LogP) is 4.21. The Morgan fingerprint density at radius 2 is 1.83 bits per heavy atom. The average Bonchev–Trinajstić information content (AvgIpc) is 3.25. The number of piperidine rings is 1. The van der Waals surface area contributed by atoms with Gasteiger partial charge < -0.3 is 25.0 Å². The molecule has 0 saturated carbocycles. The lowest BCUT2D eigenvalue weighted by Gasteiger charge is -2.34. The Morgan fingerprint density at radius 1 is 1.14 bits per heavy atom. The first-order chi connectivity index (χ1) is 17.3. The Morgan fingerprint density at radius 3 is 2.50 bits per heavy atom. The first-order valence-corrected chi connectivity index (χ1v) is 13.0. The molecule has 0 bridgehead atoms. The maximum absolute atomic E-state index is 14.2. The summed E-state index contributed by atoms with van der Waals surface area (Å²) in [6, 6.07) is 6.61. The predicted molar refractivity (Wildman–Crippen MR) is 137 cm³/mol. The molecule has 0 radical (unpaired) electrons. The number of nitrogens with two attached hydrogens (primary N) is 1. The number of amides is 1. The summed E-state index contributed by atoms with van der Waals surface area (Å²) in [5.74, 6) is 1.95.